The highest BCUT2D eigenvalue weighted by Crippen LogP contribution is 2.16. The van der Waals surface area contributed by atoms with Crippen molar-refractivity contribution in [1.82, 2.24) is 15.2 Å². The van der Waals surface area contributed by atoms with Gasteiger partial charge in [-0.15, -0.1) is 5.10 Å². The largest absolute Gasteiger partial charge is 0.368 e. The van der Waals surface area contributed by atoms with Gasteiger partial charge in [0.1, 0.15) is 5.82 Å². The van der Waals surface area contributed by atoms with Crippen molar-refractivity contribution in [2.75, 3.05) is 17.2 Å². The minimum Gasteiger partial charge on any atom is -0.368 e. The maximum absolute atomic E-state index is 13.6. The maximum Gasteiger partial charge on any atom is 0.245 e. The van der Waals surface area contributed by atoms with Crippen LogP contribution in [0.1, 0.15) is 24.1 Å². The zero-order valence-electron chi connectivity index (χ0n) is 14.0. The van der Waals surface area contributed by atoms with E-state index in [1.807, 2.05) is 43.3 Å². The third-order valence-electron chi connectivity index (χ3n) is 3.86. The first-order chi connectivity index (χ1) is 12.2. The number of benzene rings is 2. The van der Waals surface area contributed by atoms with Crippen LogP contribution in [0, 0.1) is 5.82 Å². The lowest BCUT2D eigenvalue weighted by Gasteiger charge is -2.14. The first-order valence-electron chi connectivity index (χ1n) is 8.21. The molecule has 1 unspecified atom stereocenters. The molecule has 0 bridgehead atoms. The lowest BCUT2D eigenvalue weighted by atomic mass is 10.1. The van der Waals surface area contributed by atoms with Crippen molar-refractivity contribution in [2.24, 2.45) is 0 Å². The molecule has 3 aromatic rings. The minimum atomic E-state index is -0.191. The highest BCUT2D eigenvalue weighted by atomic mass is 19.1. The number of anilines is 2. The van der Waals surface area contributed by atoms with E-state index in [9.17, 15) is 4.39 Å². The van der Waals surface area contributed by atoms with Crippen molar-refractivity contribution in [3.63, 3.8) is 0 Å². The Labute approximate surface area is 146 Å². The first kappa shape index (κ1) is 16.8. The van der Waals surface area contributed by atoms with Crippen LogP contribution in [0.15, 0.2) is 60.8 Å². The Balaban J connectivity index is 1.57. The van der Waals surface area contributed by atoms with Crippen LogP contribution in [0.3, 0.4) is 0 Å². The molecule has 2 N–H and O–H groups in total. The van der Waals surface area contributed by atoms with Gasteiger partial charge in [-0.1, -0.05) is 48.5 Å². The van der Waals surface area contributed by atoms with Gasteiger partial charge in [-0.2, -0.15) is 10.1 Å². The van der Waals surface area contributed by atoms with Crippen LogP contribution in [-0.2, 0) is 6.42 Å². The number of rotatable bonds is 7. The van der Waals surface area contributed by atoms with E-state index >= 15 is 0 Å². The van der Waals surface area contributed by atoms with Crippen LogP contribution in [0.2, 0.25) is 0 Å². The van der Waals surface area contributed by atoms with Crippen molar-refractivity contribution in [2.45, 2.75) is 19.4 Å². The molecule has 0 radical (unpaired) electrons. The average Bonchev–Trinajstić information content (AvgIpc) is 2.64. The Morgan fingerprint density at radius 2 is 1.80 bits per heavy atom. The van der Waals surface area contributed by atoms with E-state index in [2.05, 4.69) is 25.8 Å². The van der Waals surface area contributed by atoms with Crippen LogP contribution in [0.5, 0.6) is 0 Å². The first-order valence-corrected chi connectivity index (χ1v) is 8.21. The number of aromatic nitrogens is 3. The Bertz CT molecular complexity index is 810. The van der Waals surface area contributed by atoms with Gasteiger partial charge in [0.15, 0.2) is 5.82 Å². The zero-order chi connectivity index (χ0) is 17.5. The van der Waals surface area contributed by atoms with Crippen molar-refractivity contribution in [3.05, 3.63) is 77.7 Å². The Morgan fingerprint density at radius 3 is 2.60 bits per heavy atom. The van der Waals surface area contributed by atoms with E-state index in [-0.39, 0.29) is 11.9 Å². The number of hydrogen-bond donors (Lipinski definition) is 2. The van der Waals surface area contributed by atoms with Crippen LogP contribution in [-0.4, -0.2) is 21.7 Å². The second-order valence-electron chi connectivity index (χ2n) is 5.71. The van der Waals surface area contributed by atoms with Gasteiger partial charge in [-0.05, 0) is 30.5 Å². The van der Waals surface area contributed by atoms with Crippen molar-refractivity contribution in [1.29, 1.82) is 0 Å². The number of halogens is 1. The molecular weight excluding hydrogens is 317 g/mol. The Kier molecular flexibility index (Phi) is 5.51. The molecule has 1 atom stereocenters. The Hall–Kier alpha value is -3.02. The molecule has 0 aliphatic heterocycles. The zero-order valence-corrected chi connectivity index (χ0v) is 14.0. The molecule has 0 aliphatic rings. The molecule has 0 aliphatic carbocycles. The summed E-state index contributed by atoms with van der Waals surface area (Å²) in [5.41, 5.74) is 1.82. The van der Waals surface area contributed by atoms with Gasteiger partial charge in [-0.3, -0.25) is 0 Å². The fourth-order valence-corrected chi connectivity index (χ4v) is 2.49. The normalized spacial score (nSPS) is 11.8. The van der Waals surface area contributed by atoms with E-state index < -0.39 is 0 Å². The SMILES string of the molecule is CC(Nc1nncc(NCCc2ccccc2F)n1)c1ccccc1. The van der Waals surface area contributed by atoms with Gasteiger partial charge in [0, 0.05) is 6.54 Å². The summed E-state index contributed by atoms with van der Waals surface area (Å²) in [6.45, 7) is 2.60. The summed E-state index contributed by atoms with van der Waals surface area (Å²) in [6.07, 6.45) is 2.12. The Morgan fingerprint density at radius 1 is 1.04 bits per heavy atom. The second kappa shape index (κ2) is 8.19. The van der Waals surface area contributed by atoms with Crippen LogP contribution >= 0.6 is 0 Å². The molecule has 2 aromatic carbocycles. The van der Waals surface area contributed by atoms with Crippen LogP contribution < -0.4 is 10.6 Å². The van der Waals surface area contributed by atoms with E-state index in [4.69, 9.17) is 0 Å². The highest BCUT2D eigenvalue weighted by molar-refractivity contribution is 5.39. The molecular formula is C19H20FN5. The molecule has 0 fully saturated rings. The minimum absolute atomic E-state index is 0.0664. The standard InChI is InChI=1S/C19H20FN5/c1-14(15-7-3-2-4-8-15)23-19-24-18(13-22-25-19)21-12-11-16-9-5-6-10-17(16)20/h2-10,13-14H,11-12H2,1H3,(H2,21,23,24,25). The maximum atomic E-state index is 13.6. The molecule has 5 nitrogen and oxygen atoms in total. The smallest absolute Gasteiger partial charge is 0.245 e. The lowest BCUT2D eigenvalue weighted by Crippen LogP contribution is -2.13. The quantitative estimate of drug-likeness (QED) is 0.686. The van der Waals surface area contributed by atoms with Crippen LogP contribution in [0.4, 0.5) is 16.2 Å². The van der Waals surface area contributed by atoms with Crippen molar-refractivity contribution in [3.8, 4) is 0 Å². The summed E-state index contributed by atoms with van der Waals surface area (Å²) in [5.74, 6) is 0.866. The summed E-state index contributed by atoms with van der Waals surface area (Å²) < 4.78 is 13.6. The molecule has 1 aromatic heterocycles. The van der Waals surface area contributed by atoms with Gasteiger partial charge in [0.2, 0.25) is 5.95 Å². The fraction of sp³-hybridized carbons (Fsp3) is 0.211. The molecule has 6 heteroatoms. The second-order valence-corrected chi connectivity index (χ2v) is 5.71. The number of nitrogens with zero attached hydrogens (tertiary/aromatic N) is 3. The summed E-state index contributed by atoms with van der Waals surface area (Å²) >= 11 is 0. The molecule has 25 heavy (non-hydrogen) atoms. The molecule has 0 amide bonds. The molecule has 1 heterocycles. The molecule has 3 rings (SSSR count). The highest BCUT2D eigenvalue weighted by Gasteiger charge is 2.08. The predicted molar refractivity (Wildman–Crippen MR) is 96.9 cm³/mol. The van der Waals surface area contributed by atoms with Gasteiger partial charge < -0.3 is 10.6 Å². The molecule has 0 saturated carbocycles. The summed E-state index contributed by atoms with van der Waals surface area (Å²) in [6, 6.07) is 16.9. The van der Waals surface area contributed by atoms with Crippen molar-refractivity contribution >= 4 is 11.8 Å². The molecule has 0 saturated heterocycles. The molecule has 128 valence electrons. The summed E-state index contributed by atoms with van der Waals surface area (Å²) in [7, 11) is 0. The number of hydrogen-bond acceptors (Lipinski definition) is 5. The van der Waals surface area contributed by atoms with E-state index in [1.54, 1.807) is 18.3 Å². The van der Waals surface area contributed by atoms with Gasteiger partial charge >= 0.3 is 0 Å². The number of nitrogens with one attached hydrogen (secondary N) is 2. The van der Waals surface area contributed by atoms with Crippen molar-refractivity contribution < 1.29 is 4.39 Å². The lowest BCUT2D eigenvalue weighted by molar-refractivity contribution is 0.610. The molecule has 0 spiro atoms. The van der Waals surface area contributed by atoms with E-state index in [1.165, 1.54) is 6.07 Å². The van der Waals surface area contributed by atoms with Gasteiger partial charge in [-0.25, -0.2) is 4.39 Å². The topological polar surface area (TPSA) is 62.7 Å². The van der Waals surface area contributed by atoms with Crippen LogP contribution in [0.25, 0.3) is 0 Å². The monoisotopic (exact) mass is 337 g/mol. The van der Waals surface area contributed by atoms with E-state index in [0.29, 0.717) is 30.3 Å². The predicted octanol–water partition coefficient (Wildman–Crippen LogP) is 3.84. The van der Waals surface area contributed by atoms with Gasteiger partial charge in [0.25, 0.3) is 0 Å². The summed E-state index contributed by atoms with van der Waals surface area (Å²) in [4.78, 5) is 4.40. The third-order valence-corrected chi connectivity index (χ3v) is 3.86. The third kappa shape index (κ3) is 4.73. The fourth-order valence-electron chi connectivity index (χ4n) is 2.49. The van der Waals surface area contributed by atoms with E-state index in [0.717, 1.165) is 5.56 Å². The average molecular weight is 337 g/mol. The van der Waals surface area contributed by atoms with Gasteiger partial charge in [0.05, 0.1) is 12.2 Å². The summed E-state index contributed by atoms with van der Waals surface area (Å²) in [5, 5.41) is 14.4.